The fourth-order valence-corrected chi connectivity index (χ4v) is 5.32. The summed E-state index contributed by atoms with van der Waals surface area (Å²) in [6.07, 6.45) is 5.33. The van der Waals surface area contributed by atoms with E-state index < -0.39 is 28.3 Å². The summed E-state index contributed by atoms with van der Waals surface area (Å²) < 4.78 is 13.7. The van der Waals surface area contributed by atoms with Crippen LogP contribution in [0.4, 0.5) is 11.5 Å². The van der Waals surface area contributed by atoms with Crippen LogP contribution in [0.1, 0.15) is 56.2 Å². The number of hydrogen-bond donors (Lipinski definition) is 4. The number of nitrogens with two attached hydrogens (primary N) is 2. The Hall–Kier alpha value is -5.42. The Morgan fingerprint density at radius 1 is 1.22 bits per heavy atom. The molecule has 45 heavy (non-hydrogen) atoms. The molecule has 3 aromatic heterocycles. The number of benzene rings is 1. The lowest BCUT2D eigenvalue weighted by Gasteiger charge is -2.11. The van der Waals surface area contributed by atoms with Gasteiger partial charge in [0, 0.05) is 50.9 Å². The van der Waals surface area contributed by atoms with Gasteiger partial charge in [-0.1, -0.05) is 30.4 Å². The lowest BCUT2D eigenvalue weighted by molar-refractivity contribution is -0.384. The fourth-order valence-electron chi connectivity index (χ4n) is 4.22. The highest BCUT2D eigenvalue weighted by molar-refractivity contribution is 7.16. The van der Waals surface area contributed by atoms with Crippen molar-refractivity contribution in [1.29, 1.82) is 0 Å². The Labute approximate surface area is 259 Å². The van der Waals surface area contributed by atoms with E-state index in [1.54, 1.807) is 29.7 Å². The average Bonchev–Trinajstić information content (AvgIpc) is 3.56. The Morgan fingerprint density at radius 3 is 2.64 bits per heavy atom. The van der Waals surface area contributed by atoms with Crippen molar-refractivity contribution < 1.29 is 33.6 Å². The van der Waals surface area contributed by atoms with Gasteiger partial charge in [0.15, 0.2) is 10.7 Å². The summed E-state index contributed by atoms with van der Waals surface area (Å²) in [6.45, 7) is 3.77. The maximum atomic E-state index is 13.2. The largest absolute Gasteiger partial charge is 0.491 e. The van der Waals surface area contributed by atoms with Crippen molar-refractivity contribution in [2.45, 2.75) is 33.2 Å². The number of primary amides is 2. The highest BCUT2D eigenvalue weighted by Gasteiger charge is 2.21. The molecule has 0 saturated heterocycles. The van der Waals surface area contributed by atoms with E-state index in [1.807, 2.05) is 6.92 Å². The molecular formula is C28H30N8O8S. The van der Waals surface area contributed by atoms with E-state index in [9.17, 15) is 29.6 Å². The van der Waals surface area contributed by atoms with Gasteiger partial charge in [0.2, 0.25) is 17.5 Å². The second-order valence-electron chi connectivity index (χ2n) is 9.45. The number of aliphatic hydroxyl groups is 1. The molecule has 0 aliphatic rings. The number of anilines is 1. The number of thiazole rings is 1. The van der Waals surface area contributed by atoms with Crippen molar-refractivity contribution >= 4 is 50.8 Å². The highest BCUT2D eigenvalue weighted by atomic mass is 32.1. The van der Waals surface area contributed by atoms with Crippen molar-refractivity contribution in [2.24, 2.45) is 16.5 Å². The number of aryl methyl sites for hydroxylation is 2. The minimum atomic E-state index is -0.844. The van der Waals surface area contributed by atoms with E-state index in [0.29, 0.717) is 40.4 Å². The van der Waals surface area contributed by atoms with Gasteiger partial charge in [0.25, 0.3) is 5.91 Å². The van der Waals surface area contributed by atoms with Crippen molar-refractivity contribution in [2.75, 3.05) is 25.1 Å². The molecule has 236 valence electrons. The van der Waals surface area contributed by atoms with Crippen molar-refractivity contribution in [3.05, 3.63) is 79.9 Å². The van der Waals surface area contributed by atoms with E-state index in [-0.39, 0.29) is 53.8 Å². The number of rotatable bonds is 14. The van der Waals surface area contributed by atoms with Crippen LogP contribution in [0.25, 0.3) is 10.2 Å². The zero-order valence-electron chi connectivity index (χ0n) is 24.3. The second-order valence-corrected chi connectivity index (χ2v) is 10.5. The summed E-state index contributed by atoms with van der Waals surface area (Å²) in [4.78, 5) is 60.3. The highest BCUT2D eigenvalue weighted by Crippen LogP contribution is 2.30. The third-order valence-corrected chi connectivity index (χ3v) is 7.33. The maximum Gasteiger partial charge on any atom is 0.317 e. The normalized spacial score (nSPS) is 11.8. The topological polar surface area (TPSA) is 244 Å². The zero-order valence-corrected chi connectivity index (χ0v) is 25.1. The predicted octanol–water partition coefficient (Wildman–Crippen LogP) is 2.23. The molecule has 4 rings (SSSR count). The summed E-state index contributed by atoms with van der Waals surface area (Å²) in [5.41, 5.74) is 11.4. The summed E-state index contributed by atoms with van der Waals surface area (Å²) in [7, 11) is 0. The molecule has 16 nitrogen and oxygen atoms in total. The molecule has 0 aliphatic heterocycles. The molecule has 0 radical (unpaired) electrons. The van der Waals surface area contributed by atoms with E-state index in [2.05, 4.69) is 20.3 Å². The van der Waals surface area contributed by atoms with Gasteiger partial charge in [-0.15, -0.1) is 0 Å². The molecule has 3 amide bonds. The number of ether oxygens (including phenoxy) is 1. The summed E-state index contributed by atoms with van der Waals surface area (Å²) >= 11 is 1.13. The number of nitrogens with one attached hydrogen (secondary N) is 1. The van der Waals surface area contributed by atoms with Crippen LogP contribution in [0.3, 0.4) is 0 Å². The molecule has 1 aromatic carbocycles. The fraction of sp³-hybridized carbons (Fsp3) is 0.286. The number of carbonyl (C=O) groups is 3. The number of amides is 3. The first kappa shape index (κ1) is 32.5. The molecular weight excluding hydrogens is 608 g/mol. The summed E-state index contributed by atoms with van der Waals surface area (Å²) in [5, 5.41) is 23.6. The molecule has 0 bridgehead atoms. The van der Waals surface area contributed by atoms with Crippen LogP contribution >= 0.6 is 11.3 Å². The number of pyridine rings is 1. The molecule has 3 heterocycles. The third kappa shape index (κ3) is 7.57. The van der Waals surface area contributed by atoms with Gasteiger partial charge in [0.05, 0.1) is 27.5 Å². The quantitative estimate of drug-likeness (QED) is 0.0675. The van der Waals surface area contributed by atoms with Gasteiger partial charge in [-0.2, -0.15) is 4.99 Å². The van der Waals surface area contributed by atoms with Crippen molar-refractivity contribution in [3.8, 4) is 5.75 Å². The predicted molar refractivity (Wildman–Crippen MR) is 163 cm³/mol. The van der Waals surface area contributed by atoms with Crippen LogP contribution < -0.4 is 26.3 Å². The number of aliphatic hydroxyl groups excluding tert-OH is 1. The number of fused-ring (bicyclic) bond motifs is 1. The number of allylic oxidation sites excluding steroid dienone is 1. The van der Waals surface area contributed by atoms with Gasteiger partial charge in [-0.05, 0) is 18.6 Å². The molecule has 0 unspecified atom stereocenters. The van der Waals surface area contributed by atoms with Gasteiger partial charge < -0.3 is 35.6 Å². The number of hydrogen-bond acceptors (Lipinski definition) is 12. The summed E-state index contributed by atoms with van der Waals surface area (Å²) in [6, 6.07) is 4.10. The van der Waals surface area contributed by atoms with Crippen LogP contribution in [-0.2, 0) is 13.0 Å². The van der Waals surface area contributed by atoms with Crippen LogP contribution in [0.5, 0.6) is 5.75 Å². The molecule has 0 fully saturated rings. The Bertz CT molecular complexity index is 1870. The number of nitro groups is 1. The number of aromatic nitrogens is 3. The number of carbonyl (C=O) groups excluding carboxylic acids is 3. The molecule has 17 heteroatoms. The van der Waals surface area contributed by atoms with E-state index in [4.69, 9.17) is 20.6 Å². The number of nitrogens with zero attached hydrogens (tertiary/aromatic N) is 5. The number of oxazole rings is 1. The summed E-state index contributed by atoms with van der Waals surface area (Å²) in [5.74, 6) is -1.58. The standard InChI is InChI=1S/C28H30N8O8S/c1-3-18-23(44-15(2)33-18)27(40)34-28-35(22-20(43-10-6-9-37)12-16(24(29)38)13-21(22)45-28)8-5-4-7-31-26-19(36(41)42)11-17(14-32-26)25(30)39/h4-5,11-14,37H,3,6-10H2,1-2H3,(H2,29,38)(H2,30,39)(H,31,32)/b5-4+,34-28?. The minimum absolute atomic E-state index is 0.0208. The van der Waals surface area contributed by atoms with Crippen molar-refractivity contribution in [1.82, 2.24) is 14.5 Å². The Morgan fingerprint density at radius 2 is 1.98 bits per heavy atom. The lowest BCUT2D eigenvalue weighted by Crippen LogP contribution is -2.18. The first-order chi connectivity index (χ1) is 21.5. The van der Waals surface area contributed by atoms with Gasteiger partial charge in [-0.25, -0.2) is 9.97 Å². The lowest BCUT2D eigenvalue weighted by atomic mass is 10.2. The van der Waals surface area contributed by atoms with Gasteiger partial charge >= 0.3 is 11.6 Å². The van der Waals surface area contributed by atoms with E-state index in [1.165, 1.54) is 6.07 Å². The molecule has 0 atom stereocenters. The Kier molecular flexibility index (Phi) is 10.4. The van der Waals surface area contributed by atoms with E-state index >= 15 is 0 Å². The first-order valence-corrected chi connectivity index (χ1v) is 14.4. The van der Waals surface area contributed by atoms with Crippen LogP contribution in [0.2, 0.25) is 0 Å². The molecule has 0 aliphatic carbocycles. The smallest absolute Gasteiger partial charge is 0.317 e. The first-order valence-electron chi connectivity index (χ1n) is 13.6. The minimum Gasteiger partial charge on any atom is -0.491 e. The average molecular weight is 639 g/mol. The molecule has 0 spiro atoms. The zero-order chi connectivity index (χ0) is 32.7. The second kappa shape index (κ2) is 14.4. The maximum absolute atomic E-state index is 13.2. The monoisotopic (exact) mass is 638 g/mol. The van der Waals surface area contributed by atoms with Crippen molar-refractivity contribution in [3.63, 3.8) is 0 Å². The molecule has 0 saturated carbocycles. The molecule has 4 aromatic rings. The molecule has 6 N–H and O–H groups in total. The SMILES string of the molecule is CCc1nc(C)oc1C(=O)N=c1sc2cc(C(N)=O)cc(OCCCO)c2n1C/C=C/CNc1ncc(C(N)=O)cc1[N+](=O)[O-]. The van der Waals surface area contributed by atoms with Gasteiger partial charge in [0.1, 0.15) is 11.3 Å². The van der Waals surface area contributed by atoms with E-state index in [0.717, 1.165) is 23.6 Å². The van der Waals surface area contributed by atoms with Crippen LogP contribution in [-0.4, -0.2) is 62.0 Å². The van der Waals surface area contributed by atoms with Gasteiger partial charge in [-0.3, -0.25) is 24.5 Å². The third-order valence-electron chi connectivity index (χ3n) is 6.31. The van der Waals surface area contributed by atoms with Crippen LogP contribution in [0.15, 0.2) is 46.0 Å². The van der Waals surface area contributed by atoms with Crippen LogP contribution in [0, 0.1) is 17.0 Å². The Balaban J connectivity index is 1.72.